The molecule has 1 N–H and O–H groups in total. The standard InChI is InChI=1S/C16H18N4O/c21-16-13-9-18-7-5-14(13)19-15(12-3-4-12)20(16)10-11-2-1-6-17-8-11/h1-2,6,8,12,18H,3-5,7,9-10H2. The quantitative estimate of drug-likeness (QED) is 0.919. The minimum Gasteiger partial charge on any atom is -0.312 e. The molecule has 2 aromatic rings. The Labute approximate surface area is 123 Å². The molecule has 0 spiro atoms. The van der Waals surface area contributed by atoms with Crippen molar-refractivity contribution in [3.8, 4) is 0 Å². The fraction of sp³-hybridized carbons (Fsp3) is 0.438. The smallest absolute Gasteiger partial charge is 0.258 e. The van der Waals surface area contributed by atoms with E-state index in [0.29, 0.717) is 19.0 Å². The van der Waals surface area contributed by atoms with Gasteiger partial charge in [-0.05, 0) is 24.5 Å². The first-order chi connectivity index (χ1) is 10.3. The Morgan fingerprint density at radius 3 is 3.05 bits per heavy atom. The monoisotopic (exact) mass is 282 g/mol. The van der Waals surface area contributed by atoms with Crippen LogP contribution in [0.5, 0.6) is 0 Å². The summed E-state index contributed by atoms with van der Waals surface area (Å²) in [6.45, 7) is 2.12. The summed E-state index contributed by atoms with van der Waals surface area (Å²) < 4.78 is 1.86. The zero-order chi connectivity index (χ0) is 14.2. The third-order valence-electron chi connectivity index (χ3n) is 4.22. The SMILES string of the molecule is O=c1c2c(nc(C3CC3)n1Cc1cccnc1)CCNC2. The van der Waals surface area contributed by atoms with Gasteiger partial charge in [-0.3, -0.25) is 14.3 Å². The number of rotatable bonds is 3. The molecular formula is C16H18N4O. The molecule has 21 heavy (non-hydrogen) atoms. The lowest BCUT2D eigenvalue weighted by Gasteiger charge is -2.20. The molecule has 2 aliphatic rings. The van der Waals surface area contributed by atoms with Gasteiger partial charge in [0.05, 0.1) is 17.8 Å². The molecule has 1 aliphatic heterocycles. The van der Waals surface area contributed by atoms with Crippen molar-refractivity contribution in [3.63, 3.8) is 0 Å². The van der Waals surface area contributed by atoms with E-state index >= 15 is 0 Å². The van der Waals surface area contributed by atoms with Gasteiger partial charge in [0.25, 0.3) is 5.56 Å². The number of nitrogens with zero attached hydrogens (tertiary/aromatic N) is 3. The van der Waals surface area contributed by atoms with Crippen molar-refractivity contribution >= 4 is 0 Å². The fourth-order valence-electron chi connectivity index (χ4n) is 2.94. The molecule has 3 heterocycles. The lowest BCUT2D eigenvalue weighted by Crippen LogP contribution is -2.37. The summed E-state index contributed by atoms with van der Waals surface area (Å²) >= 11 is 0. The maximum Gasteiger partial charge on any atom is 0.258 e. The molecule has 2 aromatic heterocycles. The van der Waals surface area contributed by atoms with Crippen LogP contribution in [0.4, 0.5) is 0 Å². The third-order valence-corrected chi connectivity index (χ3v) is 4.22. The molecule has 1 fully saturated rings. The Hall–Kier alpha value is -2.01. The van der Waals surface area contributed by atoms with Gasteiger partial charge in [-0.1, -0.05) is 6.07 Å². The highest BCUT2D eigenvalue weighted by Crippen LogP contribution is 2.39. The highest BCUT2D eigenvalue weighted by atomic mass is 16.1. The van der Waals surface area contributed by atoms with Gasteiger partial charge in [-0.2, -0.15) is 0 Å². The topological polar surface area (TPSA) is 59.8 Å². The number of hydrogen-bond donors (Lipinski definition) is 1. The number of aromatic nitrogens is 3. The Morgan fingerprint density at radius 1 is 1.38 bits per heavy atom. The normalized spacial score (nSPS) is 17.5. The predicted octanol–water partition coefficient (Wildman–Crippen LogP) is 1.21. The summed E-state index contributed by atoms with van der Waals surface area (Å²) in [6, 6.07) is 3.92. The molecule has 108 valence electrons. The summed E-state index contributed by atoms with van der Waals surface area (Å²) in [5.41, 5.74) is 3.02. The minimum absolute atomic E-state index is 0.123. The van der Waals surface area contributed by atoms with Gasteiger partial charge in [0.2, 0.25) is 0 Å². The number of pyridine rings is 1. The highest BCUT2D eigenvalue weighted by Gasteiger charge is 2.30. The summed E-state index contributed by atoms with van der Waals surface area (Å²) in [4.78, 5) is 21.8. The van der Waals surface area contributed by atoms with Crippen molar-refractivity contribution in [2.45, 2.75) is 38.3 Å². The van der Waals surface area contributed by atoms with Crippen molar-refractivity contribution < 1.29 is 0 Å². The van der Waals surface area contributed by atoms with Crippen LogP contribution in [0.15, 0.2) is 29.3 Å². The van der Waals surface area contributed by atoms with E-state index in [-0.39, 0.29) is 5.56 Å². The second kappa shape index (κ2) is 5.07. The van der Waals surface area contributed by atoms with Crippen molar-refractivity contribution in [3.05, 3.63) is 57.5 Å². The zero-order valence-corrected chi connectivity index (χ0v) is 11.9. The molecule has 5 heteroatoms. The molecule has 1 aliphatic carbocycles. The summed E-state index contributed by atoms with van der Waals surface area (Å²) in [5, 5.41) is 3.27. The Kier molecular flexibility index (Phi) is 3.07. The average Bonchev–Trinajstić information content (AvgIpc) is 3.36. The number of hydrogen-bond acceptors (Lipinski definition) is 4. The van der Waals surface area contributed by atoms with E-state index < -0.39 is 0 Å². The second-order valence-corrected chi connectivity index (χ2v) is 5.85. The first-order valence-electron chi connectivity index (χ1n) is 7.55. The average molecular weight is 282 g/mol. The minimum atomic E-state index is 0.123. The van der Waals surface area contributed by atoms with Crippen LogP contribution in [-0.4, -0.2) is 21.1 Å². The van der Waals surface area contributed by atoms with Gasteiger partial charge in [0, 0.05) is 37.8 Å². The Balaban J connectivity index is 1.82. The molecule has 0 unspecified atom stereocenters. The summed E-state index contributed by atoms with van der Waals surface area (Å²) in [6.07, 6.45) is 6.73. The van der Waals surface area contributed by atoms with Gasteiger partial charge in [-0.25, -0.2) is 4.98 Å². The molecule has 4 rings (SSSR count). The summed E-state index contributed by atoms with van der Waals surface area (Å²) in [7, 11) is 0. The fourth-order valence-corrected chi connectivity index (χ4v) is 2.94. The molecule has 0 radical (unpaired) electrons. The van der Waals surface area contributed by atoms with Crippen LogP contribution in [0.3, 0.4) is 0 Å². The van der Waals surface area contributed by atoms with E-state index in [0.717, 1.165) is 48.5 Å². The molecule has 1 saturated carbocycles. The van der Waals surface area contributed by atoms with Crippen LogP contribution in [-0.2, 0) is 19.5 Å². The molecule has 0 saturated heterocycles. The number of nitrogens with one attached hydrogen (secondary N) is 1. The van der Waals surface area contributed by atoms with Gasteiger partial charge >= 0.3 is 0 Å². The zero-order valence-electron chi connectivity index (χ0n) is 11.9. The summed E-state index contributed by atoms with van der Waals surface area (Å²) in [5.74, 6) is 1.44. The molecule has 5 nitrogen and oxygen atoms in total. The van der Waals surface area contributed by atoms with Crippen molar-refractivity contribution in [2.75, 3.05) is 6.54 Å². The van der Waals surface area contributed by atoms with Crippen LogP contribution >= 0.6 is 0 Å². The van der Waals surface area contributed by atoms with Crippen molar-refractivity contribution in [1.82, 2.24) is 19.9 Å². The van der Waals surface area contributed by atoms with E-state index in [4.69, 9.17) is 4.98 Å². The van der Waals surface area contributed by atoms with Crippen LogP contribution in [0, 0.1) is 0 Å². The van der Waals surface area contributed by atoms with E-state index in [1.807, 2.05) is 22.9 Å². The van der Waals surface area contributed by atoms with E-state index in [1.54, 1.807) is 6.20 Å². The van der Waals surface area contributed by atoms with E-state index in [2.05, 4.69) is 10.3 Å². The largest absolute Gasteiger partial charge is 0.312 e. The van der Waals surface area contributed by atoms with Gasteiger partial charge < -0.3 is 5.32 Å². The first-order valence-corrected chi connectivity index (χ1v) is 7.55. The lowest BCUT2D eigenvalue weighted by atomic mass is 10.1. The highest BCUT2D eigenvalue weighted by molar-refractivity contribution is 5.25. The van der Waals surface area contributed by atoms with Crippen LogP contribution in [0.1, 0.15) is 41.4 Å². The van der Waals surface area contributed by atoms with Crippen LogP contribution in [0.25, 0.3) is 0 Å². The second-order valence-electron chi connectivity index (χ2n) is 5.85. The predicted molar refractivity (Wildman–Crippen MR) is 79.2 cm³/mol. The molecule has 0 bridgehead atoms. The van der Waals surface area contributed by atoms with Crippen LogP contribution in [0.2, 0.25) is 0 Å². The Morgan fingerprint density at radius 2 is 2.29 bits per heavy atom. The Bertz CT molecular complexity index is 719. The van der Waals surface area contributed by atoms with E-state index in [1.165, 1.54) is 0 Å². The molecular weight excluding hydrogens is 264 g/mol. The molecule has 0 aromatic carbocycles. The maximum absolute atomic E-state index is 12.8. The maximum atomic E-state index is 12.8. The van der Waals surface area contributed by atoms with Gasteiger partial charge in [-0.15, -0.1) is 0 Å². The van der Waals surface area contributed by atoms with Gasteiger partial charge in [0.15, 0.2) is 0 Å². The van der Waals surface area contributed by atoms with Crippen LogP contribution < -0.4 is 10.9 Å². The van der Waals surface area contributed by atoms with Crippen molar-refractivity contribution in [2.24, 2.45) is 0 Å². The molecule has 0 amide bonds. The van der Waals surface area contributed by atoms with Gasteiger partial charge in [0.1, 0.15) is 5.82 Å². The van der Waals surface area contributed by atoms with Crippen molar-refractivity contribution in [1.29, 1.82) is 0 Å². The van der Waals surface area contributed by atoms with E-state index in [9.17, 15) is 4.79 Å². The first kappa shape index (κ1) is 12.7. The lowest BCUT2D eigenvalue weighted by molar-refractivity contribution is 0.576. The third kappa shape index (κ3) is 2.38. The number of fused-ring (bicyclic) bond motifs is 1. The molecule has 0 atom stereocenters.